The van der Waals surface area contributed by atoms with E-state index in [-0.39, 0.29) is 11.4 Å². The molecule has 1 rings (SSSR count). The number of hydrazine groups is 1. The fourth-order valence-electron chi connectivity index (χ4n) is 1.86. The molecule has 3 N–H and O–H groups in total. The second-order valence-corrected chi connectivity index (χ2v) is 4.83. The van der Waals surface area contributed by atoms with Crippen LogP contribution in [0.1, 0.15) is 20.3 Å². The zero-order chi connectivity index (χ0) is 11.5. The van der Waals surface area contributed by atoms with Gasteiger partial charge in [-0.05, 0) is 20.9 Å². The normalized spacial score (nSPS) is 22.7. The topological polar surface area (TPSA) is 61.6 Å². The van der Waals surface area contributed by atoms with E-state index in [1.54, 1.807) is 0 Å². The van der Waals surface area contributed by atoms with Crippen molar-refractivity contribution >= 4 is 5.91 Å². The van der Waals surface area contributed by atoms with Crippen molar-refractivity contribution in [1.29, 1.82) is 0 Å². The quantitative estimate of drug-likeness (QED) is 0.374. The number of nitrogens with two attached hydrogens (primary N) is 1. The molecule has 1 aliphatic rings. The van der Waals surface area contributed by atoms with Gasteiger partial charge in [0.2, 0.25) is 5.91 Å². The minimum Gasteiger partial charge on any atom is -0.300 e. The van der Waals surface area contributed by atoms with Gasteiger partial charge < -0.3 is 0 Å². The van der Waals surface area contributed by atoms with Crippen molar-refractivity contribution < 1.29 is 4.79 Å². The van der Waals surface area contributed by atoms with E-state index < -0.39 is 0 Å². The minimum absolute atomic E-state index is 0.0910. The van der Waals surface area contributed by atoms with E-state index in [0.717, 1.165) is 26.2 Å². The first kappa shape index (κ1) is 12.4. The largest absolute Gasteiger partial charge is 0.300 e. The van der Waals surface area contributed by atoms with E-state index in [9.17, 15) is 4.79 Å². The standard InChI is InChI=1S/C10H22N4O/c1-10(2)8-14(7-6-13(10)3)5-4-9(15)12-11/h4-8,11H2,1-3H3,(H,12,15). The number of nitrogens with one attached hydrogen (secondary N) is 1. The van der Waals surface area contributed by atoms with Gasteiger partial charge in [-0.1, -0.05) is 0 Å². The summed E-state index contributed by atoms with van der Waals surface area (Å²) in [7, 11) is 2.14. The maximum Gasteiger partial charge on any atom is 0.235 e. The molecular weight excluding hydrogens is 192 g/mol. The number of piperazine rings is 1. The van der Waals surface area contributed by atoms with Crippen LogP contribution in [-0.4, -0.2) is 54.5 Å². The van der Waals surface area contributed by atoms with Crippen LogP contribution in [0.3, 0.4) is 0 Å². The van der Waals surface area contributed by atoms with E-state index in [1.165, 1.54) is 0 Å². The maximum atomic E-state index is 11.0. The summed E-state index contributed by atoms with van der Waals surface area (Å²) in [5, 5.41) is 0. The predicted molar refractivity (Wildman–Crippen MR) is 60.1 cm³/mol. The monoisotopic (exact) mass is 214 g/mol. The molecule has 0 atom stereocenters. The summed E-state index contributed by atoms with van der Waals surface area (Å²) in [4.78, 5) is 15.7. The molecule has 0 unspecified atom stereocenters. The zero-order valence-electron chi connectivity index (χ0n) is 9.92. The first-order valence-electron chi connectivity index (χ1n) is 5.39. The van der Waals surface area contributed by atoms with Crippen molar-refractivity contribution in [1.82, 2.24) is 15.2 Å². The molecular formula is C10H22N4O. The molecule has 5 heteroatoms. The highest BCUT2D eigenvalue weighted by molar-refractivity contribution is 5.75. The number of nitrogens with zero attached hydrogens (tertiary/aromatic N) is 2. The summed E-state index contributed by atoms with van der Waals surface area (Å²) >= 11 is 0. The summed E-state index contributed by atoms with van der Waals surface area (Å²) in [5.41, 5.74) is 2.35. The van der Waals surface area contributed by atoms with Gasteiger partial charge in [-0.15, -0.1) is 0 Å². The van der Waals surface area contributed by atoms with Crippen molar-refractivity contribution in [3.8, 4) is 0 Å². The van der Waals surface area contributed by atoms with Crippen molar-refractivity contribution in [2.75, 3.05) is 33.2 Å². The number of hydrogen-bond donors (Lipinski definition) is 2. The van der Waals surface area contributed by atoms with Gasteiger partial charge in [-0.2, -0.15) is 0 Å². The third-order valence-corrected chi connectivity index (χ3v) is 3.21. The van der Waals surface area contributed by atoms with Gasteiger partial charge >= 0.3 is 0 Å². The fourth-order valence-corrected chi connectivity index (χ4v) is 1.86. The molecule has 88 valence electrons. The SMILES string of the molecule is CN1CCN(CCC(=O)NN)CC1(C)C. The van der Waals surface area contributed by atoms with Crippen LogP contribution in [0.25, 0.3) is 0 Å². The Kier molecular flexibility index (Phi) is 4.07. The van der Waals surface area contributed by atoms with Crippen molar-refractivity contribution in [3.63, 3.8) is 0 Å². The van der Waals surface area contributed by atoms with E-state index in [2.05, 4.69) is 36.1 Å². The van der Waals surface area contributed by atoms with E-state index >= 15 is 0 Å². The van der Waals surface area contributed by atoms with Gasteiger partial charge in [0.05, 0.1) is 0 Å². The van der Waals surface area contributed by atoms with Crippen LogP contribution in [-0.2, 0) is 4.79 Å². The Hall–Kier alpha value is -0.650. The molecule has 1 saturated heterocycles. The molecule has 1 fully saturated rings. The van der Waals surface area contributed by atoms with E-state index in [4.69, 9.17) is 5.84 Å². The summed E-state index contributed by atoms with van der Waals surface area (Å²) in [6.45, 7) is 8.32. The van der Waals surface area contributed by atoms with Crippen LogP contribution in [0, 0.1) is 0 Å². The zero-order valence-corrected chi connectivity index (χ0v) is 9.92. The lowest BCUT2D eigenvalue weighted by atomic mass is 10.00. The first-order chi connectivity index (χ1) is 6.95. The van der Waals surface area contributed by atoms with Gasteiger partial charge in [0, 0.05) is 38.1 Å². The number of amides is 1. The molecule has 15 heavy (non-hydrogen) atoms. The fraction of sp³-hybridized carbons (Fsp3) is 0.900. The molecule has 0 saturated carbocycles. The lowest BCUT2D eigenvalue weighted by Gasteiger charge is -2.45. The third-order valence-electron chi connectivity index (χ3n) is 3.21. The molecule has 0 aromatic rings. The highest BCUT2D eigenvalue weighted by Gasteiger charge is 2.30. The summed E-state index contributed by atoms with van der Waals surface area (Å²) < 4.78 is 0. The van der Waals surface area contributed by atoms with Gasteiger partial charge in [-0.3, -0.25) is 20.0 Å². The van der Waals surface area contributed by atoms with E-state index in [0.29, 0.717) is 6.42 Å². The number of carbonyl (C=O) groups is 1. The smallest absolute Gasteiger partial charge is 0.235 e. The Morgan fingerprint density at radius 2 is 2.13 bits per heavy atom. The van der Waals surface area contributed by atoms with Crippen LogP contribution in [0.2, 0.25) is 0 Å². The van der Waals surface area contributed by atoms with Crippen LogP contribution >= 0.6 is 0 Å². The molecule has 0 spiro atoms. The Morgan fingerprint density at radius 3 is 2.67 bits per heavy atom. The molecule has 1 amide bonds. The Labute approximate surface area is 91.6 Å². The van der Waals surface area contributed by atoms with Crippen LogP contribution in [0.5, 0.6) is 0 Å². The lowest BCUT2D eigenvalue weighted by Crippen LogP contribution is -2.57. The van der Waals surface area contributed by atoms with Crippen molar-refractivity contribution in [2.24, 2.45) is 5.84 Å². The number of carbonyl (C=O) groups excluding carboxylic acids is 1. The average molecular weight is 214 g/mol. The summed E-state index contributed by atoms with van der Waals surface area (Å²) in [5.74, 6) is 4.95. The maximum absolute atomic E-state index is 11.0. The minimum atomic E-state index is -0.0910. The second-order valence-electron chi connectivity index (χ2n) is 4.83. The van der Waals surface area contributed by atoms with Crippen LogP contribution in [0.15, 0.2) is 0 Å². The van der Waals surface area contributed by atoms with Crippen molar-refractivity contribution in [2.45, 2.75) is 25.8 Å². The molecule has 1 heterocycles. The molecule has 0 radical (unpaired) electrons. The number of likely N-dealkylation sites (N-methyl/N-ethyl adjacent to an activating group) is 1. The highest BCUT2D eigenvalue weighted by Crippen LogP contribution is 2.18. The van der Waals surface area contributed by atoms with Crippen molar-refractivity contribution in [3.05, 3.63) is 0 Å². The lowest BCUT2D eigenvalue weighted by molar-refractivity contribution is -0.121. The second kappa shape index (κ2) is 4.92. The van der Waals surface area contributed by atoms with Gasteiger partial charge in [0.1, 0.15) is 0 Å². The predicted octanol–water partition coefficient (Wildman–Crippen LogP) is -0.608. The Bertz CT molecular complexity index is 229. The third kappa shape index (κ3) is 3.44. The van der Waals surface area contributed by atoms with Gasteiger partial charge in [0.25, 0.3) is 0 Å². The van der Waals surface area contributed by atoms with Crippen LogP contribution in [0.4, 0.5) is 0 Å². The molecule has 0 aliphatic carbocycles. The first-order valence-corrected chi connectivity index (χ1v) is 5.39. The molecule has 5 nitrogen and oxygen atoms in total. The van der Waals surface area contributed by atoms with E-state index in [1.807, 2.05) is 0 Å². The number of rotatable bonds is 3. The van der Waals surface area contributed by atoms with Gasteiger partial charge in [-0.25, -0.2) is 5.84 Å². The molecule has 1 aliphatic heterocycles. The highest BCUT2D eigenvalue weighted by atomic mass is 16.2. The summed E-state index contributed by atoms with van der Waals surface area (Å²) in [6.07, 6.45) is 0.482. The van der Waals surface area contributed by atoms with Crippen LogP contribution < -0.4 is 11.3 Å². The number of hydrogen-bond acceptors (Lipinski definition) is 4. The molecule has 0 aromatic carbocycles. The summed E-state index contributed by atoms with van der Waals surface area (Å²) in [6, 6.07) is 0. The molecule has 0 aromatic heterocycles. The molecule has 0 bridgehead atoms. The van der Waals surface area contributed by atoms with Gasteiger partial charge in [0.15, 0.2) is 0 Å². The Morgan fingerprint density at radius 1 is 1.47 bits per heavy atom. The Balaban J connectivity index is 2.36. The average Bonchev–Trinajstić information content (AvgIpc) is 2.19.